The van der Waals surface area contributed by atoms with Crippen molar-refractivity contribution in [3.05, 3.63) is 65.5 Å². The van der Waals surface area contributed by atoms with E-state index in [-0.39, 0.29) is 17.5 Å². The number of epoxide rings is 1. The molecule has 1 aliphatic heterocycles. The number of carbonyl (C=O) groups is 1. The molecule has 1 heterocycles. The fraction of sp³-hybridized carbons (Fsp3) is 0.458. The lowest BCUT2D eigenvalue weighted by Crippen LogP contribution is -2.30. The molecule has 3 rings (SSSR count). The Hall–Kier alpha value is -2.60. The number of aryl methyl sites for hydroxylation is 1. The number of alkyl carbamates (subject to hydrolysis) is 1. The molecule has 0 aromatic heterocycles. The van der Waals surface area contributed by atoms with E-state index in [9.17, 15) is 9.18 Å². The summed E-state index contributed by atoms with van der Waals surface area (Å²) in [5.41, 5.74) is 1.55. The summed E-state index contributed by atoms with van der Waals surface area (Å²) in [6.45, 7) is 10.9. The van der Waals surface area contributed by atoms with Crippen LogP contribution in [0, 0.1) is 12.7 Å². The van der Waals surface area contributed by atoms with Crippen molar-refractivity contribution < 1.29 is 23.4 Å². The minimum absolute atomic E-state index is 0.261. The van der Waals surface area contributed by atoms with Crippen molar-refractivity contribution >= 4 is 6.09 Å². The predicted octanol–water partition coefficient (Wildman–Crippen LogP) is 5.65. The molecule has 1 fully saturated rings. The standard InChI is InChI=1S/C14H13FO.C6H13NO2.C4H8O/c1-11-7-13(15)9-14(8-11)16-10-12-5-3-2-4-6-12;1-6(2,3)9-5(8)7-4;1-2-4-3-5-4/h2-9H,10H2,1H3;1-4H3,(H,7,8);4H,2-3H2,1H3/t;;4-/m..0/s1. The Labute approximate surface area is 179 Å². The zero-order chi connectivity index (χ0) is 22.6. The van der Waals surface area contributed by atoms with Gasteiger partial charge in [0.25, 0.3) is 0 Å². The number of carbonyl (C=O) groups excluding carboxylic acids is 1. The third-order valence-corrected chi connectivity index (χ3v) is 3.72. The van der Waals surface area contributed by atoms with Gasteiger partial charge in [-0.2, -0.15) is 0 Å². The molecular weight excluding hydrogens is 385 g/mol. The summed E-state index contributed by atoms with van der Waals surface area (Å²) in [6.07, 6.45) is 1.44. The van der Waals surface area contributed by atoms with E-state index < -0.39 is 0 Å². The summed E-state index contributed by atoms with van der Waals surface area (Å²) >= 11 is 0. The average molecular weight is 420 g/mol. The molecule has 1 amide bonds. The molecule has 6 heteroatoms. The summed E-state index contributed by atoms with van der Waals surface area (Å²) in [5.74, 6) is 0.310. The van der Waals surface area contributed by atoms with Crippen LogP contribution in [0.2, 0.25) is 0 Å². The first kappa shape index (κ1) is 25.4. The summed E-state index contributed by atoms with van der Waals surface area (Å²) in [7, 11) is 1.54. The largest absolute Gasteiger partial charge is 0.489 e. The molecule has 5 nitrogen and oxygen atoms in total. The van der Waals surface area contributed by atoms with E-state index in [1.807, 2.05) is 64.1 Å². The highest BCUT2D eigenvalue weighted by Gasteiger charge is 2.18. The molecule has 0 spiro atoms. The summed E-state index contributed by atoms with van der Waals surface area (Å²) in [6, 6.07) is 14.5. The first-order chi connectivity index (χ1) is 14.1. The molecule has 1 saturated heterocycles. The van der Waals surface area contributed by atoms with E-state index in [4.69, 9.17) is 14.2 Å². The van der Waals surface area contributed by atoms with E-state index in [2.05, 4.69) is 12.2 Å². The van der Waals surface area contributed by atoms with Crippen LogP contribution in [0.3, 0.4) is 0 Å². The molecule has 1 N–H and O–H groups in total. The third kappa shape index (κ3) is 12.8. The summed E-state index contributed by atoms with van der Waals surface area (Å²) < 4.78 is 28.3. The molecule has 1 atom stereocenters. The van der Waals surface area contributed by atoms with Gasteiger partial charge in [0.05, 0.1) is 12.7 Å². The number of hydrogen-bond donors (Lipinski definition) is 1. The van der Waals surface area contributed by atoms with Gasteiger partial charge in [0.15, 0.2) is 0 Å². The quantitative estimate of drug-likeness (QED) is 0.651. The van der Waals surface area contributed by atoms with Crippen LogP contribution in [-0.2, 0) is 16.1 Å². The Balaban J connectivity index is 0.000000269. The van der Waals surface area contributed by atoms with Crippen LogP contribution in [0.5, 0.6) is 5.75 Å². The Morgan fingerprint density at radius 1 is 1.20 bits per heavy atom. The molecule has 1 aliphatic rings. The lowest BCUT2D eigenvalue weighted by molar-refractivity contribution is 0.0541. The maximum atomic E-state index is 13.1. The lowest BCUT2D eigenvalue weighted by Gasteiger charge is -2.18. The van der Waals surface area contributed by atoms with Gasteiger partial charge in [-0.15, -0.1) is 0 Å². The fourth-order valence-electron chi connectivity index (χ4n) is 2.16. The summed E-state index contributed by atoms with van der Waals surface area (Å²) in [4.78, 5) is 10.5. The first-order valence-electron chi connectivity index (χ1n) is 10.1. The molecule has 166 valence electrons. The Bertz CT molecular complexity index is 735. The van der Waals surface area contributed by atoms with Gasteiger partial charge in [-0.05, 0) is 57.4 Å². The first-order valence-corrected chi connectivity index (χ1v) is 10.1. The van der Waals surface area contributed by atoms with Crippen LogP contribution in [0.1, 0.15) is 45.2 Å². The predicted molar refractivity (Wildman–Crippen MR) is 117 cm³/mol. The Kier molecular flexibility index (Phi) is 10.9. The lowest BCUT2D eigenvalue weighted by atomic mass is 10.2. The van der Waals surface area contributed by atoms with Crippen LogP contribution in [0.15, 0.2) is 48.5 Å². The van der Waals surface area contributed by atoms with E-state index in [1.54, 1.807) is 0 Å². The van der Waals surface area contributed by atoms with Gasteiger partial charge in [-0.25, -0.2) is 9.18 Å². The number of benzene rings is 2. The zero-order valence-electron chi connectivity index (χ0n) is 18.8. The second-order valence-corrected chi connectivity index (χ2v) is 7.85. The minimum atomic E-state index is -0.389. The van der Waals surface area contributed by atoms with Crippen LogP contribution in [0.4, 0.5) is 9.18 Å². The number of hydrogen-bond acceptors (Lipinski definition) is 4. The average Bonchev–Trinajstić information content (AvgIpc) is 3.51. The number of halogens is 1. The Morgan fingerprint density at radius 2 is 1.83 bits per heavy atom. The van der Waals surface area contributed by atoms with Gasteiger partial charge >= 0.3 is 6.09 Å². The monoisotopic (exact) mass is 419 g/mol. The molecule has 2 aromatic rings. The molecule has 0 bridgehead atoms. The van der Waals surface area contributed by atoms with Crippen molar-refractivity contribution in [2.45, 2.75) is 59.4 Å². The second kappa shape index (κ2) is 12.9. The topological polar surface area (TPSA) is 60.1 Å². The summed E-state index contributed by atoms with van der Waals surface area (Å²) in [5, 5.41) is 2.36. The molecule has 0 unspecified atom stereocenters. The van der Waals surface area contributed by atoms with Gasteiger partial charge < -0.3 is 19.5 Å². The van der Waals surface area contributed by atoms with Crippen LogP contribution in [-0.4, -0.2) is 31.5 Å². The van der Waals surface area contributed by atoms with E-state index in [0.29, 0.717) is 18.5 Å². The van der Waals surface area contributed by atoms with Crippen molar-refractivity contribution in [3.8, 4) is 5.75 Å². The fourth-order valence-corrected chi connectivity index (χ4v) is 2.16. The van der Waals surface area contributed by atoms with E-state index >= 15 is 0 Å². The highest BCUT2D eigenvalue weighted by atomic mass is 19.1. The maximum absolute atomic E-state index is 13.1. The van der Waals surface area contributed by atoms with Gasteiger partial charge in [-0.3, -0.25) is 0 Å². The zero-order valence-corrected chi connectivity index (χ0v) is 18.8. The van der Waals surface area contributed by atoms with Gasteiger partial charge in [0, 0.05) is 13.1 Å². The Morgan fingerprint density at radius 3 is 2.23 bits per heavy atom. The van der Waals surface area contributed by atoms with Crippen molar-refractivity contribution in [2.24, 2.45) is 0 Å². The van der Waals surface area contributed by atoms with Crippen molar-refractivity contribution in [1.29, 1.82) is 0 Å². The molecular formula is C24H34FNO4. The number of amides is 1. The molecule has 0 radical (unpaired) electrons. The molecule has 30 heavy (non-hydrogen) atoms. The third-order valence-electron chi connectivity index (χ3n) is 3.72. The number of rotatable bonds is 4. The van der Waals surface area contributed by atoms with Crippen molar-refractivity contribution in [1.82, 2.24) is 5.32 Å². The van der Waals surface area contributed by atoms with Crippen LogP contribution in [0.25, 0.3) is 0 Å². The number of ether oxygens (including phenoxy) is 3. The highest BCUT2D eigenvalue weighted by molar-refractivity contribution is 5.67. The molecule has 2 aromatic carbocycles. The molecule has 0 aliphatic carbocycles. The van der Waals surface area contributed by atoms with E-state index in [1.165, 1.54) is 25.6 Å². The minimum Gasteiger partial charge on any atom is -0.489 e. The van der Waals surface area contributed by atoms with Crippen molar-refractivity contribution in [3.63, 3.8) is 0 Å². The smallest absolute Gasteiger partial charge is 0.407 e. The van der Waals surface area contributed by atoms with Gasteiger partial charge in [-0.1, -0.05) is 37.3 Å². The van der Waals surface area contributed by atoms with Gasteiger partial charge in [0.2, 0.25) is 0 Å². The molecule has 0 saturated carbocycles. The van der Waals surface area contributed by atoms with Crippen LogP contribution >= 0.6 is 0 Å². The van der Waals surface area contributed by atoms with Crippen molar-refractivity contribution in [2.75, 3.05) is 13.7 Å². The second-order valence-electron chi connectivity index (χ2n) is 7.85. The maximum Gasteiger partial charge on any atom is 0.407 e. The van der Waals surface area contributed by atoms with Gasteiger partial charge in [0.1, 0.15) is 23.8 Å². The number of nitrogens with one attached hydrogen (secondary N) is 1. The van der Waals surface area contributed by atoms with Crippen LogP contribution < -0.4 is 10.1 Å². The van der Waals surface area contributed by atoms with E-state index in [0.717, 1.165) is 17.7 Å². The SMILES string of the molecule is CC[C@H]1CO1.CNC(=O)OC(C)(C)C.Cc1cc(F)cc(OCc2ccccc2)c1. The normalized spacial score (nSPS) is 14.3. The highest BCUT2D eigenvalue weighted by Crippen LogP contribution is 2.17.